The number of para-hydroxylation sites is 1. The highest BCUT2D eigenvalue weighted by molar-refractivity contribution is 5.39. The van der Waals surface area contributed by atoms with Gasteiger partial charge in [-0.15, -0.1) is 0 Å². The molecule has 0 amide bonds. The monoisotopic (exact) mass is 247 g/mol. The zero-order chi connectivity index (χ0) is 13.0. The minimum absolute atomic E-state index is 0.470. The molecule has 2 rings (SSSR count). The fourth-order valence-corrected chi connectivity index (χ4v) is 2.94. The molecule has 0 aliphatic heterocycles. The molecule has 0 heterocycles. The maximum Gasteiger partial charge on any atom is 0.122 e. The lowest BCUT2D eigenvalue weighted by Gasteiger charge is -2.27. The van der Waals surface area contributed by atoms with E-state index in [1.807, 2.05) is 25.1 Å². The molecule has 100 valence electrons. The molecule has 2 heteroatoms. The first-order chi connectivity index (χ1) is 8.68. The molecule has 1 aromatic rings. The average molecular weight is 247 g/mol. The van der Waals surface area contributed by atoms with E-state index in [2.05, 4.69) is 11.9 Å². The Kier molecular flexibility index (Phi) is 4.65. The lowest BCUT2D eigenvalue weighted by atomic mass is 10.1. The highest BCUT2D eigenvalue weighted by Crippen LogP contribution is 2.26. The molecule has 0 unspecified atom stereocenters. The second kappa shape index (κ2) is 6.24. The predicted octanol–water partition coefficient (Wildman–Crippen LogP) is 3.86. The Balaban J connectivity index is 2.01. The summed E-state index contributed by atoms with van der Waals surface area (Å²) < 4.78 is 0. The number of nitrogens with zero attached hydrogens (tertiary/aromatic N) is 1. The van der Waals surface area contributed by atoms with Crippen LogP contribution in [0.25, 0.3) is 0 Å². The van der Waals surface area contributed by atoms with Crippen molar-refractivity contribution in [1.29, 1.82) is 0 Å². The summed E-state index contributed by atoms with van der Waals surface area (Å²) in [4.78, 5) is 2.42. The number of hydrogen-bond donors (Lipinski definition) is 1. The number of phenolic OH excluding ortho intramolecular Hbond substituents is 1. The van der Waals surface area contributed by atoms with Gasteiger partial charge in [0, 0.05) is 18.2 Å². The van der Waals surface area contributed by atoms with Gasteiger partial charge in [-0.05, 0) is 32.4 Å². The maximum absolute atomic E-state index is 10.1. The SMILES string of the molecule is Cc1cccc(CN(C)C2CCCCCC2)c1O. The van der Waals surface area contributed by atoms with E-state index in [1.165, 1.54) is 38.5 Å². The van der Waals surface area contributed by atoms with Crippen LogP contribution in [-0.2, 0) is 6.54 Å². The second-order valence-electron chi connectivity index (χ2n) is 5.64. The van der Waals surface area contributed by atoms with Crippen molar-refractivity contribution in [2.24, 2.45) is 0 Å². The molecular formula is C16H25NO. The molecule has 0 bridgehead atoms. The van der Waals surface area contributed by atoms with Crippen molar-refractivity contribution >= 4 is 0 Å². The fourth-order valence-electron chi connectivity index (χ4n) is 2.94. The third-order valence-corrected chi connectivity index (χ3v) is 4.19. The van der Waals surface area contributed by atoms with Crippen molar-refractivity contribution < 1.29 is 5.11 Å². The fraction of sp³-hybridized carbons (Fsp3) is 0.625. The van der Waals surface area contributed by atoms with Gasteiger partial charge in [0.1, 0.15) is 5.75 Å². The summed E-state index contributed by atoms with van der Waals surface area (Å²) >= 11 is 0. The van der Waals surface area contributed by atoms with Crippen LogP contribution < -0.4 is 0 Å². The number of phenols is 1. The molecule has 1 aromatic carbocycles. The van der Waals surface area contributed by atoms with Gasteiger partial charge in [0.25, 0.3) is 0 Å². The lowest BCUT2D eigenvalue weighted by molar-refractivity contribution is 0.211. The van der Waals surface area contributed by atoms with E-state index < -0.39 is 0 Å². The third-order valence-electron chi connectivity index (χ3n) is 4.19. The molecule has 1 N–H and O–H groups in total. The van der Waals surface area contributed by atoms with Gasteiger partial charge < -0.3 is 5.11 Å². The van der Waals surface area contributed by atoms with Crippen molar-refractivity contribution in [3.8, 4) is 5.75 Å². The molecule has 18 heavy (non-hydrogen) atoms. The van der Waals surface area contributed by atoms with E-state index >= 15 is 0 Å². The Bertz CT molecular complexity index is 381. The molecule has 1 saturated carbocycles. The van der Waals surface area contributed by atoms with Crippen LogP contribution in [0, 0.1) is 6.92 Å². The minimum Gasteiger partial charge on any atom is -0.507 e. The van der Waals surface area contributed by atoms with Crippen LogP contribution in [0.2, 0.25) is 0 Å². The van der Waals surface area contributed by atoms with E-state index in [1.54, 1.807) is 0 Å². The van der Waals surface area contributed by atoms with Crippen LogP contribution in [0.1, 0.15) is 49.7 Å². The van der Waals surface area contributed by atoms with E-state index in [0.29, 0.717) is 11.8 Å². The Morgan fingerprint density at radius 1 is 1.17 bits per heavy atom. The first-order valence-corrected chi connectivity index (χ1v) is 7.16. The zero-order valence-corrected chi connectivity index (χ0v) is 11.7. The summed E-state index contributed by atoms with van der Waals surface area (Å²) in [6.45, 7) is 2.82. The van der Waals surface area contributed by atoms with Gasteiger partial charge in [-0.2, -0.15) is 0 Å². The van der Waals surface area contributed by atoms with Crippen molar-refractivity contribution in [3.05, 3.63) is 29.3 Å². The summed E-state index contributed by atoms with van der Waals surface area (Å²) in [5.74, 6) is 0.470. The Labute approximate surface area is 111 Å². The van der Waals surface area contributed by atoms with Gasteiger partial charge in [0.15, 0.2) is 0 Å². The third kappa shape index (κ3) is 3.26. The molecule has 2 nitrogen and oxygen atoms in total. The topological polar surface area (TPSA) is 23.5 Å². The summed E-state index contributed by atoms with van der Waals surface area (Å²) in [6.07, 6.45) is 8.11. The number of benzene rings is 1. The normalized spacial score (nSPS) is 17.9. The first kappa shape index (κ1) is 13.4. The van der Waals surface area contributed by atoms with Crippen molar-refractivity contribution in [3.63, 3.8) is 0 Å². The Morgan fingerprint density at radius 3 is 2.50 bits per heavy atom. The van der Waals surface area contributed by atoms with Crippen LogP contribution in [0.4, 0.5) is 0 Å². The van der Waals surface area contributed by atoms with Gasteiger partial charge in [-0.1, -0.05) is 43.9 Å². The molecule has 0 atom stereocenters. The number of aromatic hydroxyl groups is 1. The zero-order valence-electron chi connectivity index (χ0n) is 11.7. The summed E-state index contributed by atoms with van der Waals surface area (Å²) in [7, 11) is 2.19. The highest BCUT2D eigenvalue weighted by atomic mass is 16.3. The molecule has 0 saturated heterocycles. The van der Waals surface area contributed by atoms with E-state index in [4.69, 9.17) is 0 Å². The van der Waals surface area contributed by atoms with E-state index in [0.717, 1.165) is 17.7 Å². The summed E-state index contributed by atoms with van der Waals surface area (Å²) in [6, 6.07) is 6.72. The molecule has 1 fully saturated rings. The average Bonchev–Trinajstić information content (AvgIpc) is 2.63. The predicted molar refractivity (Wildman–Crippen MR) is 75.8 cm³/mol. The van der Waals surface area contributed by atoms with Crippen molar-refractivity contribution in [1.82, 2.24) is 4.90 Å². The van der Waals surface area contributed by atoms with Gasteiger partial charge in [0.2, 0.25) is 0 Å². The largest absolute Gasteiger partial charge is 0.507 e. The van der Waals surface area contributed by atoms with Gasteiger partial charge in [-0.3, -0.25) is 4.90 Å². The number of hydrogen-bond acceptors (Lipinski definition) is 2. The second-order valence-corrected chi connectivity index (χ2v) is 5.64. The quantitative estimate of drug-likeness (QED) is 0.820. The van der Waals surface area contributed by atoms with E-state index in [-0.39, 0.29) is 0 Å². The molecule has 0 aromatic heterocycles. The molecule has 0 spiro atoms. The summed E-state index contributed by atoms with van der Waals surface area (Å²) in [5.41, 5.74) is 2.03. The minimum atomic E-state index is 0.470. The van der Waals surface area contributed by atoms with Crippen LogP contribution in [0.3, 0.4) is 0 Å². The van der Waals surface area contributed by atoms with Crippen molar-refractivity contribution in [2.75, 3.05) is 7.05 Å². The van der Waals surface area contributed by atoms with Gasteiger partial charge >= 0.3 is 0 Å². The molecule has 0 radical (unpaired) electrons. The molecular weight excluding hydrogens is 222 g/mol. The maximum atomic E-state index is 10.1. The first-order valence-electron chi connectivity index (χ1n) is 7.16. The summed E-state index contributed by atoms with van der Waals surface area (Å²) in [5, 5.41) is 10.1. The number of aryl methyl sites for hydroxylation is 1. The highest BCUT2D eigenvalue weighted by Gasteiger charge is 2.18. The van der Waals surface area contributed by atoms with Crippen molar-refractivity contribution in [2.45, 2.75) is 58.0 Å². The Morgan fingerprint density at radius 2 is 1.83 bits per heavy atom. The Hall–Kier alpha value is -1.02. The smallest absolute Gasteiger partial charge is 0.122 e. The lowest BCUT2D eigenvalue weighted by Crippen LogP contribution is -2.30. The van der Waals surface area contributed by atoms with Crippen LogP contribution in [-0.4, -0.2) is 23.1 Å². The van der Waals surface area contributed by atoms with Gasteiger partial charge in [-0.25, -0.2) is 0 Å². The number of rotatable bonds is 3. The standard InChI is InChI=1S/C16H25NO/c1-13-8-7-9-14(16(13)18)12-17(2)15-10-5-3-4-6-11-15/h7-9,15,18H,3-6,10-12H2,1-2H3. The van der Waals surface area contributed by atoms with Gasteiger partial charge in [0.05, 0.1) is 0 Å². The van der Waals surface area contributed by atoms with Crippen LogP contribution >= 0.6 is 0 Å². The van der Waals surface area contributed by atoms with E-state index in [9.17, 15) is 5.11 Å². The molecule has 1 aliphatic carbocycles. The van der Waals surface area contributed by atoms with Crippen LogP contribution in [0.15, 0.2) is 18.2 Å². The van der Waals surface area contributed by atoms with Crippen LogP contribution in [0.5, 0.6) is 5.75 Å². The molecule has 1 aliphatic rings.